The molecule has 9 nitrogen and oxygen atoms in total. The van der Waals surface area contributed by atoms with Crippen LogP contribution in [0.2, 0.25) is 0 Å². The highest BCUT2D eigenvalue weighted by Gasteiger charge is 2.71. The standard InChI is InChI=1S/C25H32O9/c1-14-17(32-20(28)13-19(14)30-6)11-9-7-8-10-12-18-21(29)24(4)23(31-16(3)27)25(5,33-18)22(34-24)15(2)26/h7-13,15,18,21-23,26,29H,1-6H3/t15-,18+,21+,22-,23+,24+,25+/m1/s1. The molecule has 0 saturated carbocycles. The van der Waals surface area contributed by atoms with E-state index in [1.807, 2.05) is 0 Å². The lowest BCUT2D eigenvalue weighted by Crippen LogP contribution is -2.66. The summed E-state index contributed by atoms with van der Waals surface area (Å²) in [4.78, 5) is 23.3. The third kappa shape index (κ3) is 4.74. The zero-order chi connectivity index (χ0) is 25.3. The molecule has 2 aliphatic rings. The molecule has 3 heterocycles. The molecule has 2 aliphatic heterocycles. The quantitative estimate of drug-likeness (QED) is 0.449. The number of esters is 1. The molecule has 186 valence electrons. The number of allylic oxidation sites excluding steroid dienone is 4. The van der Waals surface area contributed by atoms with E-state index in [2.05, 4.69) is 0 Å². The van der Waals surface area contributed by atoms with E-state index < -0.39 is 53.3 Å². The van der Waals surface area contributed by atoms with Gasteiger partial charge in [-0.3, -0.25) is 4.79 Å². The van der Waals surface area contributed by atoms with Crippen molar-refractivity contribution >= 4 is 12.0 Å². The molecule has 1 aromatic heterocycles. The van der Waals surface area contributed by atoms with Crippen LogP contribution in [0.25, 0.3) is 6.08 Å². The molecule has 0 aromatic carbocycles. The Bertz CT molecular complexity index is 1050. The number of aliphatic hydroxyl groups excluding tert-OH is 2. The van der Waals surface area contributed by atoms with Gasteiger partial charge in [0.25, 0.3) is 0 Å². The molecule has 2 saturated heterocycles. The van der Waals surface area contributed by atoms with Gasteiger partial charge in [0.2, 0.25) is 0 Å². The first-order valence-electron chi connectivity index (χ1n) is 11.0. The van der Waals surface area contributed by atoms with E-state index in [-0.39, 0.29) is 0 Å². The van der Waals surface area contributed by atoms with E-state index in [1.165, 1.54) is 20.1 Å². The van der Waals surface area contributed by atoms with Crippen LogP contribution < -0.4 is 10.4 Å². The van der Waals surface area contributed by atoms with Crippen molar-refractivity contribution < 1.29 is 38.4 Å². The van der Waals surface area contributed by atoms with Crippen molar-refractivity contribution in [3.05, 3.63) is 58.2 Å². The lowest BCUT2D eigenvalue weighted by Gasteiger charge is -2.47. The van der Waals surface area contributed by atoms with Crippen LogP contribution in [0.3, 0.4) is 0 Å². The van der Waals surface area contributed by atoms with Crippen LogP contribution >= 0.6 is 0 Å². The molecule has 0 spiro atoms. The zero-order valence-electron chi connectivity index (χ0n) is 20.2. The average Bonchev–Trinajstić information content (AvgIpc) is 2.93. The van der Waals surface area contributed by atoms with E-state index in [0.29, 0.717) is 17.1 Å². The number of hydrogen-bond acceptors (Lipinski definition) is 9. The molecule has 0 unspecified atom stereocenters. The molecule has 34 heavy (non-hydrogen) atoms. The Hall–Kier alpha value is -2.72. The second-order valence-corrected chi connectivity index (χ2v) is 8.92. The van der Waals surface area contributed by atoms with E-state index >= 15 is 0 Å². The van der Waals surface area contributed by atoms with Gasteiger partial charge in [-0.25, -0.2) is 4.79 Å². The van der Waals surface area contributed by atoms with Crippen molar-refractivity contribution in [1.82, 2.24) is 0 Å². The molecule has 0 radical (unpaired) electrons. The Balaban J connectivity index is 1.76. The lowest BCUT2D eigenvalue weighted by atomic mass is 9.77. The topological polar surface area (TPSA) is 125 Å². The first kappa shape index (κ1) is 25.9. The molecule has 3 rings (SSSR count). The number of carbonyl (C=O) groups is 1. The monoisotopic (exact) mass is 476 g/mol. The minimum Gasteiger partial charge on any atom is -0.496 e. The first-order valence-corrected chi connectivity index (χ1v) is 11.0. The van der Waals surface area contributed by atoms with Crippen LogP contribution in [-0.4, -0.2) is 65.0 Å². The maximum absolute atomic E-state index is 11.7. The normalized spacial score (nSPS) is 34.2. The van der Waals surface area contributed by atoms with Crippen LogP contribution in [-0.2, 0) is 19.0 Å². The average molecular weight is 477 g/mol. The minimum absolute atomic E-state index is 0.388. The summed E-state index contributed by atoms with van der Waals surface area (Å²) in [5, 5.41) is 21.2. The number of ether oxygens (including phenoxy) is 4. The molecule has 0 aliphatic carbocycles. The van der Waals surface area contributed by atoms with E-state index in [9.17, 15) is 19.8 Å². The van der Waals surface area contributed by atoms with Crippen LogP contribution in [0.4, 0.5) is 0 Å². The Kier molecular flexibility index (Phi) is 7.52. The first-order chi connectivity index (χ1) is 15.9. The highest BCUT2D eigenvalue weighted by atomic mass is 16.7. The van der Waals surface area contributed by atoms with Gasteiger partial charge in [-0.2, -0.15) is 0 Å². The Morgan fingerprint density at radius 3 is 2.47 bits per heavy atom. The van der Waals surface area contributed by atoms with Crippen LogP contribution in [0.5, 0.6) is 5.75 Å². The summed E-state index contributed by atoms with van der Waals surface area (Å²) in [6.07, 6.45) is 5.63. The van der Waals surface area contributed by atoms with Gasteiger partial charge >= 0.3 is 11.6 Å². The molecule has 0 amide bonds. The van der Waals surface area contributed by atoms with Gasteiger partial charge in [0.15, 0.2) is 6.10 Å². The summed E-state index contributed by atoms with van der Waals surface area (Å²) in [7, 11) is 1.48. The number of carbonyl (C=O) groups excluding carboxylic acids is 1. The molecule has 9 heteroatoms. The number of aliphatic hydroxyl groups is 2. The fourth-order valence-corrected chi connectivity index (χ4v) is 4.70. The molecule has 2 fully saturated rings. The summed E-state index contributed by atoms with van der Waals surface area (Å²) in [6, 6.07) is 1.28. The summed E-state index contributed by atoms with van der Waals surface area (Å²) in [5.41, 5.74) is -2.22. The molecule has 7 atom stereocenters. The van der Waals surface area contributed by atoms with Crippen LogP contribution in [0.15, 0.2) is 45.7 Å². The third-order valence-electron chi connectivity index (χ3n) is 6.30. The molecule has 2 N–H and O–H groups in total. The highest BCUT2D eigenvalue weighted by molar-refractivity contribution is 5.66. The summed E-state index contributed by atoms with van der Waals surface area (Å²) in [5.74, 6) is 0.308. The minimum atomic E-state index is -1.26. The van der Waals surface area contributed by atoms with E-state index in [0.717, 1.165) is 0 Å². The maximum Gasteiger partial charge on any atom is 0.339 e. The number of methoxy groups -OCH3 is 1. The van der Waals surface area contributed by atoms with Gasteiger partial charge in [0, 0.05) is 12.5 Å². The number of rotatable bonds is 7. The van der Waals surface area contributed by atoms with E-state index in [1.54, 1.807) is 64.2 Å². The highest BCUT2D eigenvalue weighted by Crippen LogP contribution is 2.51. The zero-order valence-corrected chi connectivity index (χ0v) is 20.2. The van der Waals surface area contributed by atoms with Crippen molar-refractivity contribution in [2.75, 3.05) is 7.11 Å². The fraction of sp³-hybridized carbons (Fsp3) is 0.520. The van der Waals surface area contributed by atoms with Crippen LogP contribution in [0, 0.1) is 6.92 Å². The molecule has 2 bridgehead atoms. The maximum atomic E-state index is 11.7. The van der Waals surface area contributed by atoms with Gasteiger partial charge in [-0.05, 0) is 33.8 Å². The van der Waals surface area contributed by atoms with Crippen molar-refractivity contribution in [2.24, 2.45) is 0 Å². The number of hydrogen-bond donors (Lipinski definition) is 2. The molecular formula is C25H32O9. The largest absolute Gasteiger partial charge is 0.496 e. The predicted octanol–water partition coefficient (Wildman–Crippen LogP) is 2.07. The molecule has 1 aromatic rings. The lowest BCUT2D eigenvalue weighted by molar-refractivity contribution is -0.236. The van der Waals surface area contributed by atoms with Gasteiger partial charge in [-0.1, -0.05) is 30.4 Å². The number of fused-ring (bicyclic) bond motifs is 2. The molecular weight excluding hydrogens is 444 g/mol. The van der Waals surface area contributed by atoms with Crippen LogP contribution in [0.1, 0.15) is 39.0 Å². The Labute approximate surface area is 198 Å². The summed E-state index contributed by atoms with van der Waals surface area (Å²) >= 11 is 0. The third-order valence-corrected chi connectivity index (χ3v) is 6.30. The Morgan fingerprint density at radius 2 is 1.85 bits per heavy atom. The fourth-order valence-electron chi connectivity index (χ4n) is 4.70. The predicted molar refractivity (Wildman–Crippen MR) is 123 cm³/mol. The van der Waals surface area contributed by atoms with Crippen molar-refractivity contribution in [1.29, 1.82) is 0 Å². The van der Waals surface area contributed by atoms with Gasteiger partial charge in [-0.15, -0.1) is 0 Å². The van der Waals surface area contributed by atoms with Gasteiger partial charge in [0.1, 0.15) is 41.0 Å². The summed E-state index contributed by atoms with van der Waals surface area (Å²) in [6.45, 7) is 7.98. The van der Waals surface area contributed by atoms with E-state index in [4.69, 9.17) is 23.4 Å². The van der Waals surface area contributed by atoms with Crippen molar-refractivity contribution in [3.8, 4) is 5.75 Å². The van der Waals surface area contributed by atoms with Gasteiger partial charge in [0.05, 0.1) is 19.3 Å². The SMILES string of the molecule is COc1cc(=O)oc(C=CC=CC=C[C@@H]2O[C@]3(C)[C@@H](OC(C)=O)[C@@](C)(O[C@@H]3[C@@H](C)O)[C@H]2O)c1C. The second kappa shape index (κ2) is 9.87. The Morgan fingerprint density at radius 1 is 1.18 bits per heavy atom. The van der Waals surface area contributed by atoms with Gasteiger partial charge < -0.3 is 33.6 Å². The smallest absolute Gasteiger partial charge is 0.339 e. The summed E-state index contributed by atoms with van der Waals surface area (Å²) < 4.78 is 28.0. The van der Waals surface area contributed by atoms with Crippen molar-refractivity contribution in [3.63, 3.8) is 0 Å². The van der Waals surface area contributed by atoms with Crippen molar-refractivity contribution in [2.45, 2.75) is 76.3 Å². The second-order valence-electron chi connectivity index (χ2n) is 8.92.